The third-order valence-electron chi connectivity index (χ3n) is 4.41. The first-order valence-corrected chi connectivity index (χ1v) is 9.15. The Labute approximate surface area is 167 Å². The van der Waals surface area contributed by atoms with Gasteiger partial charge in [-0.15, -0.1) is 10.2 Å². The van der Waals surface area contributed by atoms with E-state index in [0.717, 1.165) is 5.56 Å². The van der Waals surface area contributed by atoms with Crippen molar-refractivity contribution in [1.82, 2.24) is 10.2 Å². The molecule has 1 aromatic heterocycles. The number of halogens is 2. The Kier molecular flexibility index (Phi) is 5.08. The van der Waals surface area contributed by atoms with E-state index in [1.807, 2.05) is 54.6 Å². The maximum Gasteiger partial charge on any atom is 0.249 e. The van der Waals surface area contributed by atoms with Crippen LogP contribution in [0.4, 0.5) is 10.1 Å². The molecule has 0 saturated heterocycles. The maximum absolute atomic E-state index is 14.0. The van der Waals surface area contributed by atoms with E-state index in [1.165, 1.54) is 6.07 Å². The fourth-order valence-electron chi connectivity index (χ4n) is 2.88. The molecule has 4 nitrogen and oxygen atoms in total. The van der Waals surface area contributed by atoms with Crippen molar-refractivity contribution in [1.29, 1.82) is 0 Å². The predicted molar refractivity (Wildman–Crippen MR) is 108 cm³/mol. The molecule has 0 aliphatic heterocycles. The van der Waals surface area contributed by atoms with Crippen molar-refractivity contribution in [2.75, 3.05) is 5.32 Å². The molecule has 6 heteroatoms. The van der Waals surface area contributed by atoms with E-state index in [2.05, 4.69) is 15.5 Å². The van der Waals surface area contributed by atoms with Gasteiger partial charge in [0.05, 0.1) is 10.6 Å². The average molecular weight is 394 g/mol. The molecule has 0 amide bonds. The highest BCUT2D eigenvalue weighted by Gasteiger charge is 2.22. The van der Waals surface area contributed by atoms with Gasteiger partial charge in [0, 0.05) is 5.69 Å². The Morgan fingerprint density at radius 3 is 2.46 bits per heavy atom. The molecule has 1 atom stereocenters. The molecule has 0 bridgehead atoms. The first-order valence-electron chi connectivity index (χ1n) is 8.78. The molecule has 3 aromatic carbocycles. The largest absolute Gasteiger partial charge is 0.418 e. The SMILES string of the molecule is Cc1ccc(N[C@@H](c2ccccc2)c2nnc(-c3ccccc3Cl)o2)cc1F. The van der Waals surface area contributed by atoms with Gasteiger partial charge >= 0.3 is 0 Å². The molecular weight excluding hydrogens is 377 g/mol. The first kappa shape index (κ1) is 18.2. The van der Waals surface area contributed by atoms with Gasteiger partial charge in [-0.25, -0.2) is 4.39 Å². The number of hydrogen-bond donors (Lipinski definition) is 1. The molecule has 0 spiro atoms. The Morgan fingerprint density at radius 2 is 1.71 bits per heavy atom. The Hall–Kier alpha value is -3.18. The normalized spacial score (nSPS) is 12.0. The number of anilines is 1. The highest BCUT2D eigenvalue weighted by atomic mass is 35.5. The van der Waals surface area contributed by atoms with Crippen molar-refractivity contribution >= 4 is 17.3 Å². The van der Waals surface area contributed by atoms with Crippen molar-refractivity contribution in [3.05, 3.63) is 101 Å². The number of aryl methyl sites for hydroxylation is 1. The fraction of sp³-hybridized carbons (Fsp3) is 0.0909. The minimum atomic E-state index is -0.438. The van der Waals surface area contributed by atoms with E-state index in [1.54, 1.807) is 19.1 Å². The van der Waals surface area contributed by atoms with Crippen molar-refractivity contribution in [2.24, 2.45) is 0 Å². The second kappa shape index (κ2) is 7.82. The molecule has 0 radical (unpaired) electrons. The second-order valence-corrected chi connectivity index (χ2v) is 6.78. The third kappa shape index (κ3) is 3.75. The molecule has 140 valence electrons. The maximum atomic E-state index is 14.0. The zero-order valence-electron chi connectivity index (χ0n) is 15.1. The van der Waals surface area contributed by atoms with Gasteiger partial charge in [-0.1, -0.05) is 60.1 Å². The average Bonchev–Trinajstić information content (AvgIpc) is 3.19. The minimum absolute atomic E-state index is 0.279. The summed E-state index contributed by atoms with van der Waals surface area (Å²) in [6.45, 7) is 1.72. The van der Waals surface area contributed by atoms with E-state index in [9.17, 15) is 4.39 Å². The van der Waals surface area contributed by atoms with Gasteiger partial charge in [0.15, 0.2) is 0 Å². The van der Waals surface area contributed by atoms with Gasteiger partial charge in [0.25, 0.3) is 0 Å². The van der Waals surface area contributed by atoms with Gasteiger partial charge in [0.1, 0.15) is 11.9 Å². The molecule has 0 unspecified atom stereocenters. The summed E-state index contributed by atoms with van der Waals surface area (Å²) in [5.74, 6) is 0.416. The molecule has 0 saturated carbocycles. The van der Waals surface area contributed by atoms with Crippen molar-refractivity contribution in [3.63, 3.8) is 0 Å². The third-order valence-corrected chi connectivity index (χ3v) is 4.74. The monoisotopic (exact) mass is 393 g/mol. The van der Waals surface area contributed by atoms with Gasteiger partial charge in [-0.3, -0.25) is 0 Å². The molecule has 4 rings (SSSR count). The number of nitrogens with zero attached hydrogens (tertiary/aromatic N) is 2. The lowest BCUT2D eigenvalue weighted by Crippen LogP contribution is -2.13. The topological polar surface area (TPSA) is 51.0 Å². The van der Waals surface area contributed by atoms with Crippen molar-refractivity contribution < 1.29 is 8.81 Å². The van der Waals surface area contributed by atoms with Crippen LogP contribution >= 0.6 is 11.6 Å². The summed E-state index contributed by atoms with van der Waals surface area (Å²) < 4.78 is 19.9. The summed E-state index contributed by atoms with van der Waals surface area (Å²) in [6.07, 6.45) is 0. The summed E-state index contributed by atoms with van der Waals surface area (Å²) in [6, 6.07) is 21.5. The van der Waals surface area contributed by atoms with Gasteiger partial charge in [0.2, 0.25) is 11.8 Å². The Bertz CT molecular complexity index is 1100. The van der Waals surface area contributed by atoms with E-state index in [0.29, 0.717) is 33.6 Å². The summed E-state index contributed by atoms with van der Waals surface area (Å²) in [7, 11) is 0. The van der Waals surface area contributed by atoms with Crippen LogP contribution in [0.25, 0.3) is 11.5 Å². The lowest BCUT2D eigenvalue weighted by atomic mass is 10.1. The summed E-state index contributed by atoms with van der Waals surface area (Å²) in [4.78, 5) is 0. The van der Waals surface area contributed by atoms with Gasteiger partial charge in [-0.05, 0) is 42.3 Å². The molecule has 4 aromatic rings. The minimum Gasteiger partial charge on any atom is -0.418 e. The van der Waals surface area contributed by atoms with Gasteiger partial charge in [-0.2, -0.15) is 0 Å². The van der Waals surface area contributed by atoms with E-state index in [-0.39, 0.29) is 5.82 Å². The van der Waals surface area contributed by atoms with Crippen LogP contribution < -0.4 is 5.32 Å². The van der Waals surface area contributed by atoms with Crippen molar-refractivity contribution in [2.45, 2.75) is 13.0 Å². The standard InChI is InChI=1S/C22H17ClFN3O/c1-14-11-12-16(13-19(14)24)25-20(15-7-3-2-4-8-15)22-27-26-21(28-22)17-9-5-6-10-18(17)23/h2-13,20,25H,1H3/t20-/m0/s1. The Morgan fingerprint density at radius 1 is 0.964 bits per heavy atom. The zero-order chi connectivity index (χ0) is 19.5. The number of hydrogen-bond acceptors (Lipinski definition) is 4. The number of rotatable bonds is 5. The van der Waals surface area contributed by atoms with Crippen LogP contribution in [-0.4, -0.2) is 10.2 Å². The Balaban J connectivity index is 1.72. The number of benzene rings is 3. The van der Waals surface area contributed by atoms with Crippen LogP contribution in [0.1, 0.15) is 23.1 Å². The molecule has 0 aliphatic rings. The molecule has 0 aliphatic carbocycles. The molecule has 1 N–H and O–H groups in total. The van der Waals surface area contributed by atoms with E-state index < -0.39 is 6.04 Å². The lowest BCUT2D eigenvalue weighted by molar-refractivity contribution is 0.494. The molecular formula is C22H17ClFN3O. The lowest BCUT2D eigenvalue weighted by Gasteiger charge is -2.17. The summed E-state index contributed by atoms with van der Waals surface area (Å²) >= 11 is 6.24. The molecule has 28 heavy (non-hydrogen) atoms. The highest BCUT2D eigenvalue weighted by molar-refractivity contribution is 6.33. The van der Waals surface area contributed by atoms with E-state index in [4.69, 9.17) is 16.0 Å². The van der Waals surface area contributed by atoms with Crippen LogP contribution in [0.15, 0.2) is 77.2 Å². The number of nitrogens with one attached hydrogen (secondary N) is 1. The molecule has 0 fully saturated rings. The smallest absolute Gasteiger partial charge is 0.249 e. The molecule has 1 heterocycles. The van der Waals surface area contributed by atoms with Crippen LogP contribution in [0, 0.1) is 12.7 Å². The van der Waals surface area contributed by atoms with Crippen LogP contribution in [-0.2, 0) is 0 Å². The van der Waals surface area contributed by atoms with Crippen LogP contribution in [0.3, 0.4) is 0 Å². The fourth-order valence-corrected chi connectivity index (χ4v) is 3.09. The van der Waals surface area contributed by atoms with Crippen LogP contribution in [0.5, 0.6) is 0 Å². The predicted octanol–water partition coefficient (Wildman–Crippen LogP) is 6.04. The van der Waals surface area contributed by atoms with Crippen molar-refractivity contribution in [3.8, 4) is 11.5 Å². The highest BCUT2D eigenvalue weighted by Crippen LogP contribution is 2.31. The first-order chi connectivity index (χ1) is 13.6. The second-order valence-electron chi connectivity index (χ2n) is 6.38. The van der Waals surface area contributed by atoms with Crippen LogP contribution in [0.2, 0.25) is 5.02 Å². The quantitative estimate of drug-likeness (QED) is 0.449. The zero-order valence-corrected chi connectivity index (χ0v) is 15.8. The summed E-state index contributed by atoms with van der Waals surface area (Å²) in [5, 5.41) is 12.2. The van der Waals surface area contributed by atoms with E-state index >= 15 is 0 Å². The number of aromatic nitrogens is 2. The van der Waals surface area contributed by atoms with Gasteiger partial charge < -0.3 is 9.73 Å². The summed E-state index contributed by atoms with van der Waals surface area (Å²) in [5.41, 5.74) is 2.78.